The molecule has 1 heterocycles. The largest absolute Gasteiger partial charge is 0.494 e. The van der Waals surface area contributed by atoms with Crippen LogP contribution in [0.5, 0.6) is 0 Å². The van der Waals surface area contributed by atoms with Gasteiger partial charge in [-0.15, -0.1) is 0 Å². The van der Waals surface area contributed by atoms with Gasteiger partial charge in [-0.1, -0.05) is 0 Å². The standard InChI is InChI=1S/C11H15NO7/c1-16-9(13)5-12(6-10(14)17-2)11(15)8-7-18-3-4-19-8/h7H,3-6H2,1-2H3. The van der Waals surface area contributed by atoms with Crippen molar-refractivity contribution in [1.82, 2.24) is 4.90 Å². The van der Waals surface area contributed by atoms with Crippen LogP contribution in [0.3, 0.4) is 0 Å². The third kappa shape index (κ3) is 4.49. The molecule has 0 radical (unpaired) electrons. The van der Waals surface area contributed by atoms with E-state index in [9.17, 15) is 14.4 Å². The molecule has 0 aromatic carbocycles. The van der Waals surface area contributed by atoms with E-state index in [-0.39, 0.29) is 25.5 Å². The number of esters is 2. The number of rotatable bonds is 5. The van der Waals surface area contributed by atoms with E-state index in [1.54, 1.807) is 0 Å². The van der Waals surface area contributed by atoms with Crippen LogP contribution >= 0.6 is 0 Å². The first-order valence-corrected chi connectivity index (χ1v) is 5.46. The summed E-state index contributed by atoms with van der Waals surface area (Å²) in [6, 6.07) is 0. The van der Waals surface area contributed by atoms with Crippen molar-refractivity contribution >= 4 is 17.8 Å². The van der Waals surface area contributed by atoms with Gasteiger partial charge in [0.05, 0.1) is 14.2 Å². The first kappa shape index (κ1) is 14.8. The maximum atomic E-state index is 12.0. The van der Waals surface area contributed by atoms with Crippen molar-refractivity contribution in [3.05, 3.63) is 12.0 Å². The molecule has 0 saturated heterocycles. The highest BCUT2D eigenvalue weighted by Gasteiger charge is 2.26. The van der Waals surface area contributed by atoms with E-state index in [0.29, 0.717) is 6.61 Å². The summed E-state index contributed by atoms with van der Waals surface area (Å²) < 4.78 is 19.0. The molecule has 1 rings (SSSR count). The Kier molecular flexibility index (Phi) is 5.65. The molecule has 1 aliphatic rings. The van der Waals surface area contributed by atoms with E-state index in [1.807, 2.05) is 0 Å². The van der Waals surface area contributed by atoms with E-state index < -0.39 is 17.8 Å². The number of ether oxygens (including phenoxy) is 4. The summed E-state index contributed by atoms with van der Waals surface area (Å²) >= 11 is 0. The summed E-state index contributed by atoms with van der Waals surface area (Å²) in [6.07, 6.45) is 1.15. The minimum atomic E-state index is -0.658. The van der Waals surface area contributed by atoms with Crippen LogP contribution in [0.25, 0.3) is 0 Å². The second-order valence-electron chi connectivity index (χ2n) is 3.51. The normalized spacial score (nSPS) is 13.5. The summed E-state index contributed by atoms with van der Waals surface area (Å²) in [4.78, 5) is 35.4. The van der Waals surface area contributed by atoms with Gasteiger partial charge in [-0.2, -0.15) is 0 Å². The van der Waals surface area contributed by atoms with Gasteiger partial charge in [0.2, 0.25) is 5.76 Å². The molecule has 1 amide bonds. The third-order valence-corrected chi connectivity index (χ3v) is 2.24. The molecule has 106 valence electrons. The number of carbonyl (C=O) groups excluding carboxylic acids is 3. The highest BCUT2D eigenvalue weighted by Crippen LogP contribution is 2.09. The number of methoxy groups -OCH3 is 2. The second kappa shape index (κ2) is 7.24. The summed E-state index contributed by atoms with van der Waals surface area (Å²) in [5.74, 6) is -2.03. The Bertz CT molecular complexity index is 373. The van der Waals surface area contributed by atoms with Gasteiger partial charge in [0, 0.05) is 0 Å². The zero-order chi connectivity index (χ0) is 14.3. The molecule has 0 fully saturated rings. The fourth-order valence-electron chi connectivity index (χ4n) is 1.28. The van der Waals surface area contributed by atoms with Crippen LogP contribution in [-0.4, -0.2) is 63.3 Å². The molecule has 0 unspecified atom stereocenters. The van der Waals surface area contributed by atoms with Crippen molar-refractivity contribution in [2.24, 2.45) is 0 Å². The first-order valence-electron chi connectivity index (χ1n) is 5.46. The maximum absolute atomic E-state index is 12.0. The molecular weight excluding hydrogens is 258 g/mol. The minimum Gasteiger partial charge on any atom is -0.494 e. The SMILES string of the molecule is COC(=O)CN(CC(=O)OC)C(=O)C1=COCCO1. The number of hydrogen-bond donors (Lipinski definition) is 0. The molecular formula is C11H15NO7. The number of amides is 1. The van der Waals surface area contributed by atoms with E-state index in [4.69, 9.17) is 9.47 Å². The summed E-state index contributed by atoms with van der Waals surface area (Å²) in [7, 11) is 2.37. The van der Waals surface area contributed by atoms with Crippen LogP contribution in [0.2, 0.25) is 0 Å². The average molecular weight is 273 g/mol. The molecule has 0 atom stereocenters. The van der Waals surface area contributed by atoms with Gasteiger partial charge in [-0.25, -0.2) is 0 Å². The van der Waals surface area contributed by atoms with Gasteiger partial charge in [-0.05, 0) is 0 Å². The predicted molar refractivity (Wildman–Crippen MR) is 60.6 cm³/mol. The van der Waals surface area contributed by atoms with Crippen molar-refractivity contribution in [1.29, 1.82) is 0 Å². The van der Waals surface area contributed by atoms with Crippen LogP contribution in [0.15, 0.2) is 12.0 Å². The molecule has 0 aromatic rings. The van der Waals surface area contributed by atoms with Crippen LogP contribution < -0.4 is 0 Å². The Balaban J connectivity index is 2.75. The Hall–Kier alpha value is -2.25. The fraction of sp³-hybridized carbons (Fsp3) is 0.545. The highest BCUT2D eigenvalue weighted by molar-refractivity contribution is 5.95. The molecule has 0 spiro atoms. The van der Waals surface area contributed by atoms with Gasteiger partial charge < -0.3 is 23.8 Å². The van der Waals surface area contributed by atoms with Gasteiger partial charge >= 0.3 is 11.9 Å². The third-order valence-electron chi connectivity index (χ3n) is 2.24. The summed E-state index contributed by atoms with van der Waals surface area (Å²) in [6.45, 7) is -0.205. The van der Waals surface area contributed by atoms with Crippen molar-refractivity contribution in [3.8, 4) is 0 Å². The molecule has 0 aliphatic carbocycles. The molecule has 8 heteroatoms. The van der Waals surface area contributed by atoms with E-state index in [2.05, 4.69) is 9.47 Å². The predicted octanol–water partition coefficient (Wildman–Crippen LogP) is -0.951. The lowest BCUT2D eigenvalue weighted by atomic mass is 10.3. The smallest absolute Gasteiger partial charge is 0.325 e. The van der Waals surface area contributed by atoms with E-state index >= 15 is 0 Å². The Morgan fingerprint density at radius 3 is 2.16 bits per heavy atom. The zero-order valence-electron chi connectivity index (χ0n) is 10.7. The van der Waals surface area contributed by atoms with Crippen LogP contribution in [-0.2, 0) is 33.3 Å². The Labute approximate surface area is 109 Å². The minimum absolute atomic E-state index is 0.0703. The van der Waals surface area contributed by atoms with Gasteiger partial charge in [0.25, 0.3) is 5.91 Å². The Morgan fingerprint density at radius 1 is 1.16 bits per heavy atom. The molecule has 8 nitrogen and oxygen atoms in total. The Morgan fingerprint density at radius 2 is 1.74 bits per heavy atom. The van der Waals surface area contributed by atoms with Crippen LogP contribution in [0.4, 0.5) is 0 Å². The average Bonchev–Trinajstić information content (AvgIpc) is 2.46. The zero-order valence-corrected chi connectivity index (χ0v) is 10.7. The molecule has 1 aliphatic heterocycles. The van der Waals surface area contributed by atoms with Crippen molar-refractivity contribution < 1.29 is 33.3 Å². The van der Waals surface area contributed by atoms with Gasteiger partial charge in [0.1, 0.15) is 32.6 Å². The summed E-state index contributed by atoms with van der Waals surface area (Å²) in [5.41, 5.74) is 0. The van der Waals surface area contributed by atoms with Gasteiger partial charge in [-0.3, -0.25) is 14.4 Å². The molecule has 19 heavy (non-hydrogen) atoms. The maximum Gasteiger partial charge on any atom is 0.325 e. The quantitative estimate of drug-likeness (QED) is 0.596. The van der Waals surface area contributed by atoms with Crippen molar-refractivity contribution in [2.45, 2.75) is 0 Å². The molecule has 0 N–H and O–H groups in total. The molecule has 0 bridgehead atoms. The van der Waals surface area contributed by atoms with E-state index in [0.717, 1.165) is 11.2 Å². The number of carbonyl (C=O) groups is 3. The lowest BCUT2D eigenvalue weighted by Gasteiger charge is -2.23. The molecule has 0 saturated carbocycles. The topological polar surface area (TPSA) is 91.4 Å². The molecule has 0 aromatic heterocycles. The summed E-state index contributed by atoms with van der Waals surface area (Å²) in [5, 5.41) is 0. The first-order chi connectivity index (χ1) is 9.08. The van der Waals surface area contributed by atoms with Crippen molar-refractivity contribution in [3.63, 3.8) is 0 Å². The van der Waals surface area contributed by atoms with Crippen molar-refractivity contribution in [2.75, 3.05) is 40.5 Å². The van der Waals surface area contributed by atoms with Gasteiger partial charge in [0.15, 0.2) is 0 Å². The fourth-order valence-corrected chi connectivity index (χ4v) is 1.28. The van der Waals surface area contributed by atoms with Crippen LogP contribution in [0.1, 0.15) is 0 Å². The second-order valence-corrected chi connectivity index (χ2v) is 3.51. The lowest BCUT2D eigenvalue weighted by Crippen LogP contribution is -2.41. The van der Waals surface area contributed by atoms with Crippen LogP contribution in [0, 0.1) is 0 Å². The lowest BCUT2D eigenvalue weighted by molar-refractivity contribution is -0.152. The number of hydrogen-bond acceptors (Lipinski definition) is 7. The monoisotopic (exact) mass is 273 g/mol. The number of nitrogens with zero attached hydrogens (tertiary/aromatic N) is 1. The highest BCUT2D eigenvalue weighted by atomic mass is 16.6. The van der Waals surface area contributed by atoms with E-state index in [1.165, 1.54) is 14.2 Å².